The van der Waals surface area contributed by atoms with E-state index in [1.54, 1.807) is 18.3 Å². The fourth-order valence-electron chi connectivity index (χ4n) is 3.25. The molecule has 3 N–H and O–H groups in total. The Morgan fingerprint density at radius 2 is 2.04 bits per heavy atom. The Bertz CT molecular complexity index is 649. The van der Waals surface area contributed by atoms with Crippen LogP contribution >= 0.6 is 11.6 Å². The van der Waals surface area contributed by atoms with Gasteiger partial charge in [-0.2, -0.15) is 10.3 Å². The van der Waals surface area contributed by atoms with Crippen molar-refractivity contribution in [2.45, 2.75) is 57.7 Å². The van der Waals surface area contributed by atoms with Gasteiger partial charge in [0.1, 0.15) is 0 Å². The number of nitrogens with one attached hydrogen (secondary N) is 2. The second-order valence-electron chi connectivity index (χ2n) is 7.18. The van der Waals surface area contributed by atoms with Crippen LogP contribution in [-0.2, 0) is 0 Å². The highest BCUT2D eigenvalue weighted by Crippen LogP contribution is 2.38. The van der Waals surface area contributed by atoms with Gasteiger partial charge in [0.2, 0.25) is 5.96 Å². The van der Waals surface area contributed by atoms with Gasteiger partial charge in [-0.1, -0.05) is 11.6 Å². The summed E-state index contributed by atoms with van der Waals surface area (Å²) in [6.45, 7) is 7.89. The predicted octanol–water partition coefficient (Wildman–Crippen LogP) is 2.98. The molecule has 0 saturated carbocycles. The molecular formula is C16H23ClN6O. The molecule has 7 nitrogen and oxygen atoms in total. The van der Waals surface area contributed by atoms with Gasteiger partial charge in [-0.3, -0.25) is 5.32 Å². The fourth-order valence-corrected chi connectivity index (χ4v) is 3.41. The molecule has 0 atom stereocenters. The number of nitrogens with zero attached hydrogens (tertiary/aromatic N) is 4. The van der Waals surface area contributed by atoms with Gasteiger partial charge in [0.05, 0.1) is 11.7 Å². The summed E-state index contributed by atoms with van der Waals surface area (Å²) in [6.07, 6.45) is 4.79. The Morgan fingerprint density at radius 1 is 1.42 bits per heavy atom. The van der Waals surface area contributed by atoms with Crippen LogP contribution in [-0.4, -0.2) is 38.3 Å². The lowest BCUT2D eigenvalue weighted by atomic mass is 9.79. The minimum Gasteiger partial charge on any atom is -0.323 e. The first kappa shape index (κ1) is 18.5. The average molecular weight is 351 g/mol. The third-order valence-corrected chi connectivity index (χ3v) is 4.42. The van der Waals surface area contributed by atoms with Crippen molar-refractivity contribution < 1.29 is 5.21 Å². The SMILES string of the molecule is CC1(C)CC(N=C(NC#N)Nc2cccnc2Cl)CC(C)(C)N1O. The lowest BCUT2D eigenvalue weighted by molar-refractivity contribution is -0.244. The summed E-state index contributed by atoms with van der Waals surface area (Å²) in [5.74, 6) is 0.315. The Balaban J connectivity index is 2.24. The van der Waals surface area contributed by atoms with Crippen molar-refractivity contribution in [1.82, 2.24) is 15.4 Å². The van der Waals surface area contributed by atoms with E-state index in [4.69, 9.17) is 16.9 Å². The quantitative estimate of drug-likeness (QED) is 0.249. The van der Waals surface area contributed by atoms with Gasteiger partial charge in [-0.25, -0.2) is 9.98 Å². The minimum atomic E-state index is -0.417. The zero-order valence-corrected chi connectivity index (χ0v) is 15.1. The van der Waals surface area contributed by atoms with Gasteiger partial charge in [0, 0.05) is 17.3 Å². The summed E-state index contributed by atoms with van der Waals surface area (Å²) in [7, 11) is 0. The zero-order chi connectivity index (χ0) is 18.0. The predicted molar refractivity (Wildman–Crippen MR) is 93.9 cm³/mol. The van der Waals surface area contributed by atoms with Crippen LogP contribution in [0, 0.1) is 11.5 Å². The second kappa shape index (κ2) is 6.93. The largest absolute Gasteiger partial charge is 0.323 e. The number of hydrogen-bond donors (Lipinski definition) is 3. The van der Waals surface area contributed by atoms with Gasteiger partial charge >= 0.3 is 0 Å². The zero-order valence-electron chi connectivity index (χ0n) is 14.3. The molecule has 0 aliphatic carbocycles. The van der Waals surface area contributed by atoms with E-state index >= 15 is 0 Å². The molecule has 0 spiro atoms. The van der Waals surface area contributed by atoms with Crippen LogP contribution in [0.2, 0.25) is 5.15 Å². The molecule has 1 fully saturated rings. The number of pyridine rings is 1. The number of nitriles is 1. The highest BCUT2D eigenvalue weighted by atomic mass is 35.5. The molecule has 8 heteroatoms. The number of piperidine rings is 1. The van der Waals surface area contributed by atoms with E-state index in [0.717, 1.165) is 0 Å². The molecule has 1 aromatic heterocycles. The van der Waals surface area contributed by atoms with Crippen molar-refractivity contribution in [2.24, 2.45) is 4.99 Å². The number of hydrogen-bond acceptors (Lipinski definition) is 5. The summed E-state index contributed by atoms with van der Waals surface area (Å²) in [4.78, 5) is 8.63. The molecule has 24 heavy (non-hydrogen) atoms. The van der Waals surface area contributed by atoms with Crippen molar-refractivity contribution in [2.75, 3.05) is 5.32 Å². The Morgan fingerprint density at radius 3 is 2.58 bits per heavy atom. The number of aromatic nitrogens is 1. The van der Waals surface area contributed by atoms with Gasteiger partial charge in [0.15, 0.2) is 11.3 Å². The molecule has 0 unspecified atom stereocenters. The van der Waals surface area contributed by atoms with Crippen LogP contribution in [0.5, 0.6) is 0 Å². The maximum atomic E-state index is 10.4. The third-order valence-electron chi connectivity index (χ3n) is 4.12. The highest BCUT2D eigenvalue weighted by molar-refractivity contribution is 6.32. The Hall–Kier alpha value is -1.88. The lowest BCUT2D eigenvalue weighted by Crippen LogP contribution is -2.60. The second-order valence-corrected chi connectivity index (χ2v) is 7.54. The Kier molecular flexibility index (Phi) is 5.33. The van der Waals surface area contributed by atoms with E-state index in [1.807, 2.05) is 33.9 Å². The van der Waals surface area contributed by atoms with Crippen LogP contribution in [0.15, 0.2) is 23.3 Å². The molecule has 0 radical (unpaired) electrons. The molecule has 1 aliphatic heterocycles. The smallest absolute Gasteiger partial charge is 0.209 e. The van der Waals surface area contributed by atoms with Crippen molar-refractivity contribution >= 4 is 23.2 Å². The summed E-state index contributed by atoms with van der Waals surface area (Å²) in [6, 6.07) is 3.44. The summed E-state index contributed by atoms with van der Waals surface area (Å²) in [5.41, 5.74) is -0.266. The third kappa shape index (κ3) is 4.15. The molecule has 0 amide bonds. The molecule has 130 valence electrons. The highest BCUT2D eigenvalue weighted by Gasteiger charge is 2.45. The fraction of sp³-hybridized carbons (Fsp3) is 0.562. The van der Waals surface area contributed by atoms with Crippen molar-refractivity contribution in [3.8, 4) is 6.19 Å². The van der Waals surface area contributed by atoms with Crippen LogP contribution in [0.25, 0.3) is 0 Å². The van der Waals surface area contributed by atoms with Crippen molar-refractivity contribution in [1.29, 1.82) is 5.26 Å². The molecule has 2 rings (SSSR count). The molecule has 1 saturated heterocycles. The maximum Gasteiger partial charge on any atom is 0.209 e. The first-order valence-electron chi connectivity index (χ1n) is 7.75. The average Bonchev–Trinajstić information content (AvgIpc) is 2.47. The molecular weight excluding hydrogens is 328 g/mol. The molecule has 1 aliphatic rings. The number of anilines is 1. The molecule has 0 bridgehead atoms. The van der Waals surface area contributed by atoms with E-state index in [2.05, 4.69) is 20.6 Å². The molecule has 1 aromatic rings. The summed E-state index contributed by atoms with van der Waals surface area (Å²) < 4.78 is 0. The van der Waals surface area contributed by atoms with E-state index in [1.165, 1.54) is 5.06 Å². The van der Waals surface area contributed by atoms with Crippen LogP contribution in [0.1, 0.15) is 40.5 Å². The first-order chi connectivity index (χ1) is 11.2. The molecule has 0 aromatic carbocycles. The van der Waals surface area contributed by atoms with Crippen molar-refractivity contribution in [3.05, 3.63) is 23.5 Å². The normalized spacial score (nSPS) is 21.1. The monoisotopic (exact) mass is 350 g/mol. The van der Waals surface area contributed by atoms with E-state index in [9.17, 15) is 5.21 Å². The van der Waals surface area contributed by atoms with Gasteiger partial charge in [0.25, 0.3) is 0 Å². The van der Waals surface area contributed by atoms with E-state index in [-0.39, 0.29) is 6.04 Å². The van der Waals surface area contributed by atoms with Gasteiger partial charge in [-0.15, -0.1) is 0 Å². The number of rotatable bonds is 2. The number of halogens is 1. The minimum absolute atomic E-state index is 0.0582. The summed E-state index contributed by atoms with van der Waals surface area (Å²) in [5, 5.41) is 26.6. The number of hydroxylamine groups is 2. The summed E-state index contributed by atoms with van der Waals surface area (Å²) >= 11 is 6.04. The lowest BCUT2D eigenvalue weighted by Gasteiger charge is -2.50. The van der Waals surface area contributed by atoms with Gasteiger partial charge in [-0.05, 0) is 52.7 Å². The number of guanidine groups is 1. The first-order valence-corrected chi connectivity index (χ1v) is 8.13. The van der Waals surface area contributed by atoms with E-state index in [0.29, 0.717) is 29.6 Å². The van der Waals surface area contributed by atoms with Crippen LogP contribution in [0.4, 0.5) is 5.69 Å². The van der Waals surface area contributed by atoms with Crippen LogP contribution < -0.4 is 10.6 Å². The Labute approximate surface area is 147 Å². The maximum absolute atomic E-state index is 10.4. The topological polar surface area (TPSA) is 96.6 Å². The standard InChI is InChI=1S/C16H23ClN6O/c1-15(2)8-11(9-16(3,4)23(15)24)21-14(20-10-18)22-12-6-5-7-19-13(12)17/h5-7,11,24H,8-9H2,1-4H3,(H2,20,21,22). The van der Waals surface area contributed by atoms with E-state index < -0.39 is 11.1 Å². The number of aliphatic imine (C=N–C) groups is 1. The van der Waals surface area contributed by atoms with Gasteiger partial charge < -0.3 is 10.5 Å². The van der Waals surface area contributed by atoms with Crippen LogP contribution in [0.3, 0.4) is 0 Å². The molecule has 2 heterocycles. The van der Waals surface area contributed by atoms with Crippen molar-refractivity contribution in [3.63, 3.8) is 0 Å².